The van der Waals surface area contributed by atoms with Crippen LogP contribution in [0.4, 0.5) is 0 Å². The van der Waals surface area contributed by atoms with E-state index in [1.807, 2.05) is 0 Å². The zero-order valence-corrected chi connectivity index (χ0v) is 63.1. The zero-order chi connectivity index (χ0) is 83.9. The number of amides is 4. The Morgan fingerprint density at radius 1 is 0.496 bits per heavy atom. The van der Waals surface area contributed by atoms with Crippen molar-refractivity contribution < 1.29 is 197 Å². The SMILES string of the molecule is CCCCCCCCCCCCC/C=C/[C@@H](O)[C@H](CO[C@@H]1O[C@H](CO)[C@@H](O[C@@H]2O[C@H](CO)[C@H](O[C@@H]3O[C@H](CO)[C@H](O)[C@H](O[C@@H]4O[C@H](CO)[C@H](O)[C@H](O[C@]5(C(=O)[O-])C[C@H](O)[C@@H](NC(C)=O)[C@H]([C@H](O)[C@@H](CO)OC(C)=O)O5)[C@H]4O)[C@H]3NC(C)=O)[C@H](O[C@]3(C(=O)[O-])C[C@H](O)[C@@H](NC(C)=O)[C@H]([C@H](O)[C@H](O)CO)O3)[C@H]2O)[C@H](O)[C@H]1O)NC=O. The summed E-state index contributed by atoms with van der Waals surface area (Å²) in [6.07, 6.45) is -49.9. The van der Waals surface area contributed by atoms with Crippen LogP contribution in [-0.4, -0.2) is 388 Å². The van der Waals surface area contributed by atoms with Crippen LogP contribution in [-0.2, 0) is 95.1 Å². The van der Waals surface area contributed by atoms with Crippen LogP contribution in [0.2, 0.25) is 0 Å². The van der Waals surface area contributed by atoms with E-state index >= 15 is 0 Å². The summed E-state index contributed by atoms with van der Waals surface area (Å²) >= 11 is 0. The molecule has 0 radical (unpaired) electrons. The number of hydrogen-bond acceptors (Lipinski definition) is 40. The fraction of sp³-hybridized carbons (Fsp3) is 0.870. The van der Waals surface area contributed by atoms with Gasteiger partial charge in [0.1, 0.15) is 140 Å². The first-order chi connectivity index (χ1) is 53.6. The molecule has 0 bridgehead atoms. The van der Waals surface area contributed by atoms with Gasteiger partial charge in [0.25, 0.3) is 0 Å². The van der Waals surface area contributed by atoms with E-state index in [9.17, 15) is 136 Å². The molecule has 44 heteroatoms. The molecule has 652 valence electrons. The Morgan fingerprint density at radius 3 is 1.41 bits per heavy atom. The lowest BCUT2D eigenvalue weighted by Crippen LogP contribution is -2.73. The molecule has 22 N–H and O–H groups in total. The van der Waals surface area contributed by atoms with E-state index < -0.39 is 302 Å². The van der Waals surface area contributed by atoms with E-state index in [1.54, 1.807) is 6.08 Å². The van der Waals surface area contributed by atoms with Gasteiger partial charge in [0, 0.05) is 40.5 Å². The van der Waals surface area contributed by atoms with Crippen LogP contribution >= 0.6 is 0 Å². The minimum atomic E-state index is -3.62. The quantitative estimate of drug-likeness (QED) is 0.0116. The second-order valence-corrected chi connectivity index (χ2v) is 28.8. The lowest BCUT2D eigenvalue weighted by atomic mass is 9.88. The van der Waals surface area contributed by atoms with Crippen molar-refractivity contribution in [3.63, 3.8) is 0 Å². The molecule has 6 aliphatic heterocycles. The molecule has 6 saturated heterocycles. The van der Waals surface area contributed by atoms with Crippen LogP contribution in [0, 0.1) is 0 Å². The maximum Gasteiger partial charge on any atom is 0.303 e. The number of aliphatic hydroxyl groups is 18. The summed E-state index contributed by atoms with van der Waals surface area (Å²) in [6.45, 7) is -2.44. The van der Waals surface area contributed by atoms with Crippen molar-refractivity contribution in [3.8, 4) is 0 Å². The molecule has 113 heavy (non-hydrogen) atoms. The third-order valence-electron chi connectivity index (χ3n) is 20.3. The van der Waals surface area contributed by atoms with Crippen molar-refractivity contribution in [2.24, 2.45) is 0 Å². The monoisotopic (exact) mass is 1640 g/mol. The Hall–Kier alpha value is -5.17. The molecule has 4 amide bonds. The van der Waals surface area contributed by atoms with E-state index in [-0.39, 0.29) is 6.41 Å². The summed E-state index contributed by atoms with van der Waals surface area (Å²) in [4.78, 5) is 89.2. The molecule has 0 aliphatic carbocycles. The van der Waals surface area contributed by atoms with Gasteiger partial charge in [-0.2, -0.15) is 0 Å². The molecule has 6 fully saturated rings. The molecule has 0 saturated carbocycles. The average molecular weight is 1640 g/mol. The Morgan fingerprint density at radius 2 is 0.929 bits per heavy atom. The van der Waals surface area contributed by atoms with E-state index in [2.05, 4.69) is 28.2 Å². The Balaban J connectivity index is 1.34. The van der Waals surface area contributed by atoms with Crippen molar-refractivity contribution in [1.82, 2.24) is 21.3 Å². The van der Waals surface area contributed by atoms with Crippen molar-refractivity contribution in [2.45, 2.75) is 332 Å². The molecule has 0 aromatic rings. The highest BCUT2D eigenvalue weighted by Crippen LogP contribution is 2.43. The van der Waals surface area contributed by atoms with E-state index in [0.717, 1.165) is 59.8 Å². The number of carboxylic acid groups (broad SMARTS) is 2. The van der Waals surface area contributed by atoms with Crippen LogP contribution in [0.25, 0.3) is 0 Å². The largest absolute Gasteiger partial charge is 0.544 e. The van der Waals surface area contributed by atoms with Gasteiger partial charge >= 0.3 is 5.97 Å². The number of allylic oxidation sites excluding steroid dienone is 1. The number of unbranched alkanes of at least 4 members (excludes halogenated alkanes) is 11. The number of carbonyl (C=O) groups is 7. The Labute approximate surface area is 649 Å². The number of rotatable bonds is 45. The first-order valence-corrected chi connectivity index (χ1v) is 37.6. The zero-order valence-electron chi connectivity index (χ0n) is 63.1. The van der Waals surface area contributed by atoms with Crippen LogP contribution < -0.4 is 31.5 Å². The van der Waals surface area contributed by atoms with Crippen LogP contribution in [0.15, 0.2) is 12.2 Å². The normalized spacial score (nSPS) is 37.9. The first kappa shape index (κ1) is 96.7. The summed E-state index contributed by atoms with van der Waals surface area (Å²) in [5.74, 6) is -16.1. The lowest BCUT2D eigenvalue weighted by Gasteiger charge is -2.54. The number of aliphatic carboxylic acids is 2. The van der Waals surface area contributed by atoms with Gasteiger partial charge in [-0.05, 0) is 12.8 Å². The topological polar surface area (TPSA) is 698 Å². The summed E-state index contributed by atoms with van der Waals surface area (Å²) in [5.41, 5.74) is 0. The second-order valence-electron chi connectivity index (χ2n) is 28.8. The summed E-state index contributed by atoms with van der Waals surface area (Å²) in [6, 6.07) is -7.08. The molecule has 6 aliphatic rings. The fourth-order valence-corrected chi connectivity index (χ4v) is 14.4. The highest BCUT2D eigenvalue weighted by Gasteiger charge is 2.62. The maximum atomic E-state index is 13.8. The number of carbonyl (C=O) groups excluding carboxylic acids is 7. The molecule has 34 atom stereocenters. The van der Waals surface area contributed by atoms with Crippen molar-refractivity contribution in [3.05, 3.63) is 12.2 Å². The Kier molecular flexibility index (Phi) is 39.1. The van der Waals surface area contributed by atoms with Gasteiger partial charge in [0.2, 0.25) is 35.7 Å². The number of nitrogens with one attached hydrogen (secondary N) is 4. The fourth-order valence-electron chi connectivity index (χ4n) is 14.4. The molecular formula is C69H114N4O40-2. The number of hydrogen-bond donors (Lipinski definition) is 22. The van der Waals surface area contributed by atoms with E-state index in [0.29, 0.717) is 6.42 Å². The summed E-state index contributed by atoms with van der Waals surface area (Å²) < 4.78 is 76.1. The van der Waals surface area contributed by atoms with Crippen LogP contribution in [0.1, 0.15) is 125 Å². The average Bonchev–Trinajstić information content (AvgIpc) is 0.747. The Bertz CT molecular complexity index is 2970. The maximum absolute atomic E-state index is 13.8. The first-order valence-electron chi connectivity index (χ1n) is 37.6. The molecule has 44 nitrogen and oxygen atoms in total. The van der Waals surface area contributed by atoms with Gasteiger partial charge in [-0.1, -0.05) is 83.3 Å². The number of ether oxygens (including phenoxy) is 13. The van der Waals surface area contributed by atoms with E-state index in [4.69, 9.17) is 61.6 Å². The minimum absolute atomic E-state index is 0.266. The number of aliphatic hydroxyl groups excluding tert-OH is 18. The predicted molar refractivity (Wildman–Crippen MR) is 366 cm³/mol. The predicted octanol–water partition coefficient (Wildman–Crippen LogP) is -12.6. The van der Waals surface area contributed by atoms with Crippen molar-refractivity contribution >= 4 is 42.0 Å². The molecule has 0 aromatic carbocycles. The van der Waals surface area contributed by atoms with Crippen molar-refractivity contribution in [2.75, 3.05) is 46.2 Å². The van der Waals surface area contributed by atoms with Gasteiger partial charge in [-0.15, -0.1) is 0 Å². The molecule has 0 spiro atoms. The third kappa shape index (κ3) is 25.2. The second kappa shape index (κ2) is 45.7. The summed E-state index contributed by atoms with van der Waals surface area (Å²) in [5, 5.41) is 239. The minimum Gasteiger partial charge on any atom is -0.544 e. The molecule has 0 unspecified atom stereocenters. The molecule has 0 aromatic heterocycles. The van der Waals surface area contributed by atoms with E-state index in [1.165, 1.54) is 44.6 Å². The van der Waals surface area contributed by atoms with Gasteiger partial charge < -0.3 is 195 Å². The van der Waals surface area contributed by atoms with Crippen molar-refractivity contribution in [1.29, 1.82) is 0 Å². The third-order valence-corrected chi connectivity index (χ3v) is 20.3. The number of esters is 1. The highest BCUT2D eigenvalue weighted by molar-refractivity contribution is 5.76. The number of carboxylic acids is 2. The lowest BCUT2D eigenvalue weighted by molar-refractivity contribution is -0.422. The standard InChI is InChI=1S/C69H116N4O40/c1-6-7-8-9-10-11-12-13-14-15-16-17-18-19-35(85)34(70-29-80)28-101-63-52(94)51(93)55(42(26-78)105-63)107-65-54(96)61(113-69(67(99)100)21-36(86)44(71-30(2)81)58(110-69)47(89)38(88)22-74)56(43(27-79)106-65)108-62-46(73-32(4)83)57(48(90)40(24-76)103-62)109-64-53(95)60(50(92)41(25-77)104-64)112-68(66(97)98)20-37(87)45(72-31(3)82)59(111-68)49(91)39(23-75)102-33(5)84/h18-19,29,34-65,74-79,85-96H,6-17,20-28H2,1-5H3,(H,70,80)(H,71,81)(H,72,82)(H,73,83)(H,97,98)(H,99,100)/p-2/b19-18+/t34-,35+,36-,37-,38+,39+,40+,41+,42+,43+,44+,45+,46+,47+,48-,49+,50-,51+,52+,53+,54+,55+,56-,57+,58+,59+,60-,61+,62-,63+,64-,65-,68-,69-/m0/s1. The van der Waals surface area contributed by atoms with Crippen LogP contribution in [0.5, 0.6) is 0 Å². The molecule has 6 rings (SSSR count). The van der Waals surface area contributed by atoms with Crippen LogP contribution in [0.3, 0.4) is 0 Å². The highest BCUT2D eigenvalue weighted by atomic mass is 16.8. The smallest absolute Gasteiger partial charge is 0.303 e. The van der Waals surface area contributed by atoms with Gasteiger partial charge in [0.05, 0.1) is 82.7 Å². The van der Waals surface area contributed by atoms with Gasteiger partial charge in [-0.3, -0.25) is 24.0 Å². The van der Waals surface area contributed by atoms with Gasteiger partial charge in [0.15, 0.2) is 31.3 Å². The summed E-state index contributed by atoms with van der Waals surface area (Å²) in [7, 11) is 0. The van der Waals surface area contributed by atoms with Gasteiger partial charge in [-0.25, -0.2) is 0 Å². The molecule has 6 heterocycles. The molecular weight excluding hydrogens is 1520 g/mol.